The molecule has 7 nitrogen and oxygen atoms in total. The van der Waals surface area contributed by atoms with Crippen LogP contribution in [0.15, 0.2) is 52.5 Å². The molecule has 2 unspecified atom stereocenters. The number of hydrogen-bond acceptors (Lipinski definition) is 6. The van der Waals surface area contributed by atoms with Crippen LogP contribution in [0.2, 0.25) is 5.02 Å². The Bertz CT molecular complexity index is 1400. The number of likely N-dealkylation sites (tertiary alicyclic amines) is 1. The first kappa shape index (κ1) is 24.8. The zero-order chi connectivity index (χ0) is 25.6. The summed E-state index contributed by atoms with van der Waals surface area (Å²) in [5.41, 5.74) is 6.65. The number of fused-ring (bicyclic) bond motifs is 1. The number of thioether (sulfide) groups is 1. The predicted molar refractivity (Wildman–Crippen MR) is 133 cm³/mol. The number of aliphatic hydroxyl groups is 1. The number of carbonyl (C=O) groups is 1. The molecule has 0 radical (unpaired) electrons. The maximum atomic E-state index is 13.5. The van der Waals surface area contributed by atoms with Gasteiger partial charge in [0.2, 0.25) is 0 Å². The lowest BCUT2D eigenvalue weighted by atomic mass is 10.1. The molecule has 0 spiro atoms. The third-order valence-electron chi connectivity index (χ3n) is 6.17. The van der Waals surface area contributed by atoms with E-state index in [-0.39, 0.29) is 41.7 Å². The number of nitrogens with zero attached hydrogens (tertiary/aromatic N) is 4. The molecule has 12 heteroatoms. The number of nitrogens with two attached hydrogens (primary N) is 1. The number of carbonyl (C=O) groups excluding carboxylic acids is 1. The van der Waals surface area contributed by atoms with Crippen LogP contribution in [0.3, 0.4) is 0 Å². The van der Waals surface area contributed by atoms with Crippen LogP contribution in [-0.4, -0.2) is 56.1 Å². The summed E-state index contributed by atoms with van der Waals surface area (Å²) in [7, 11) is 0. The van der Waals surface area contributed by atoms with Gasteiger partial charge in [0.25, 0.3) is 5.91 Å². The number of rotatable bonds is 4. The Labute approximate surface area is 213 Å². The minimum atomic E-state index is -4.54. The monoisotopic (exact) mass is 535 g/mol. The molecule has 2 atom stereocenters. The largest absolute Gasteiger partial charge is 0.416 e. The highest BCUT2D eigenvalue weighted by molar-refractivity contribution is 8.18. The molecule has 1 saturated heterocycles. The molecule has 188 valence electrons. The minimum absolute atomic E-state index is 0.0139. The first-order chi connectivity index (χ1) is 17.1. The first-order valence-corrected chi connectivity index (χ1v) is 12.3. The lowest BCUT2D eigenvalue weighted by Crippen LogP contribution is -2.36. The van der Waals surface area contributed by atoms with Crippen LogP contribution in [0.4, 0.5) is 13.2 Å². The van der Waals surface area contributed by atoms with Crippen molar-refractivity contribution in [2.75, 3.05) is 13.2 Å². The molecule has 1 fully saturated rings. The van der Waals surface area contributed by atoms with E-state index in [0.29, 0.717) is 33.9 Å². The average Bonchev–Trinajstić information content (AvgIpc) is 3.51. The van der Waals surface area contributed by atoms with Crippen molar-refractivity contribution < 1.29 is 23.1 Å². The zero-order valence-corrected chi connectivity index (χ0v) is 20.3. The number of alkyl halides is 3. The Morgan fingerprint density at radius 1 is 1.25 bits per heavy atom. The summed E-state index contributed by atoms with van der Waals surface area (Å²) in [4.78, 5) is 19.0. The van der Waals surface area contributed by atoms with Gasteiger partial charge in [-0.2, -0.15) is 23.3 Å². The van der Waals surface area contributed by atoms with Crippen molar-refractivity contribution in [3.63, 3.8) is 0 Å². The summed E-state index contributed by atoms with van der Waals surface area (Å²) in [6.45, 7) is 0.375. The van der Waals surface area contributed by atoms with Crippen molar-refractivity contribution in [3.05, 3.63) is 69.2 Å². The first-order valence-electron chi connectivity index (χ1n) is 11.1. The molecular weight excluding hydrogens is 515 g/mol. The second-order valence-electron chi connectivity index (χ2n) is 8.71. The normalized spacial score (nSPS) is 21.7. The summed E-state index contributed by atoms with van der Waals surface area (Å²) >= 11 is 7.02. The second-order valence-corrected chi connectivity index (χ2v) is 10.2. The van der Waals surface area contributed by atoms with E-state index < -0.39 is 11.7 Å². The minimum Gasteiger partial charge on any atom is -0.394 e. The molecule has 2 aromatic carbocycles. The molecule has 36 heavy (non-hydrogen) atoms. The van der Waals surface area contributed by atoms with Gasteiger partial charge in [-0.3, -0.25) is 9.48 Å². The highest BCUT2D eigenvalue weighted by atomic mass is 35.5. The Morgan fingerprint density at radius 3 is 2.81 bits per heavy atom. The summed E-state index contributed by atoms with van der Waals surface area (Å²) in [5.74, 6) is -0.370. The summed E-state index contributed by atoms with van der Waals surface area (Å²) in [6.07, 6.45) is -0.620. The fraction of sp³-hybridized carbons (Fsp3) is 0.292. The number of hydrogen-bond donors (Lipinski definition) is 2. The van der Waals surface area contributed by atoms with Crippen molar-refractivity contribution in [3.8, 4) is 0 Å². The van der Waals surface area contributed by atoms with Gasteiger partial charge in [0.1, 0.15) is 0 Å². The van der Waals surface area contributed by atoms with Gasteiger partial charge in [-0.25, -0.2) is 0 Å². The van der Waals surface area contributed by atoms with Gasteiger partial charge in [0, 0.05) is 23.0 Å². The van der Waals surface area contributed by atoms with Crippen molar-refractivity contribution in [1.29, 1.82) is 0 Å². The van der Waals surface area contributed by atoms with Crippen LogP contribution in [0.5, 0.6) is 0 Å². The van der Waals surface area contributed by atoms with Crippen molar-refractivity contribution >= 4 is 51.4 Å². The topological polar surface area (TPSA) is 96.7 Å². The lowest BCUT2D eigenvalue weighted by Gasteiger charge is -2.23. The van der Waals surface area contributed by atoms with E-state index in [2.05, 4.69) is 10.1 Å². The number of benzene rings is 2. The molecule has 3 heterocycles. The summed E-state index contributed by atoms with van der Waals surface area (Å²) < 4.78 is 41.9. The fourth-order valence-corrected chi connectivity index (χ4v) is 5.63. The van der Waals surface area contributed by atoms with E-state index in [9.17, 15) is 23.1 Å². The number of amides is 1. The van der Waals surface area contributed by atoms with Gasteiger partial charge in [-0.15, -0.1) is 0 Å². The van der Waals surface area contributed by atoms with Crippen LogP contribution in [0, 0.1) is 0 Å². The summed E-state index contributed by atoms with van der Waals surface area (Å²) in [5, 5.41) is 15.1. The van der Waals surface area contributed by atoms with Crippen molar-refractivity contribution in [2.24, 2.45) is 10.7 Å². The van der Waals surface area contributed by atoms with Crippen LogP contribution in [0.1, 0.15) is 23.1 Å². The highest BCUT2D eigenvalue weighted by Crippen LogP contribution is 2.35. The third-order valence-corrected chi connectivity index (χ3v) is 7.43. The third kappa shape index (κ3) is 4.88. The zero-order valence-electron chi connectivity index (χ0n) is 18.7. The Hall–Kier alpha value is -2.86. The maximum absolute atomic E-state index is 13.5. The maximum Gasteiger partial charge on any atom is 0.416 e. The van der Waals surface area contributed by atoms with Gasteiger partial charge in [-0.05, 0) is 59.7 Å². The van der Waals surface area contributed by atoms with Crippen LogP contribution in [0.25, 0.3) is 17.0 Å². The average molecular weight is 536 g/mol. The standard InChI is InChI=1S/C24H21ClF3N5O2S/c25-16-3-2-14(19(7-16)24(26,27)28)10-33-20-4-1-13(5-15(20)9-30-33)6-21-22(35)31-23(36-21)32-11-17(29)8-18(32)12-34/h1-7,9,17-18,34H,8,10-12,29H2. The molecular formula is C24H21ClF3N5O2S. The Balaban J connectivity index is 1.37. The number of halogens is 4. The van der Waals surface area contributed by atoms with Gasteiger partial charge in [-0.1, -0.05) is 23.7 Å². The molecule has 5 rings (SSSR count). The molecule has 2 aliphatic rings. The fourth-order valence-electron chi connectivity index (χ4n) is 4.47. The summed E-state index contributed by atoms with van der Waals surface area (Å²) in [6, 6.07) is 8.77. The van der Waals surface area contributed by atoms with E-state index in [0.717, 1.165) is 11.6 Å². The van der Waals surface area contributed by atoms with Crippen LogP contribution in [-0.2, 0) is 17.5 Å². The Kier molecular flexibility index (Phi) is 6.58. The number of aliphatic hydroxyl groups excluding tert-OH is 1. The van der Waals surface area contributed by atoms with E-state index in [1.54, 1.807) is 24.4 Å². The van der Waals surface area contributed by atoms with Crippen molar-refractivity contribution in [1.82, 2.24) is 14.7 Å². The van der Waals surface area contributed by atoms with Gasteiger partial charge >= 0.3 is 6.18 Å². The van der Waals surface area contributed by atoms with Crippen molar-refractivity contribution in [2.45, 2.75) is 31.2 Å². The molecule has 1 amide bonds. The van der Waals surface area contributed by atoms with Gasteiger partial charge < -0.3 is 15.7 Å². The van der Waals surface area contributed by atoms with E-state index in [1.165, 1.54) is 28.6 Å². The molecule has 0 saturated carbocycles. The van der Waals surface area contributed by atoms with Crippen LogP contribution >= 0.6 is 23.4 Å². The van der Waals surface area contributed by atoms with Gasteiger partial charge in [0.05, 0.1) is 41.4 Å². The molecule has 3 N–H and O–H groups in total. The van der Waals surface area contributed by atoms with E-state index in [4.69, 9.17) is 17.3 Å². The Morgan fingerprint density at radius 2 is 2.06 bits per heavy atom. The highest BCUT2D eigenvalue weighted by Gasteiger charge is 2.36. The van der Waals surface area contributed by atoms with Gasteiger partial charge in [0.15, 0.2) is 5.17 Å². The van der Waals surface area contributed by atoms with Crippen LogP contribution < -0.4 is 5.73 Å². The molecule has 0 bridgehead atoms. The molecule has 2 aliphatic heterocycles. The smallest absolute Gasteiger partial charge is 0.394 e. The number of aliphatic imine (C=N–C) groups is 1. The molecule has 1 aromatic heterocycles. The predicted octanol–water partition coefficient (Wildman–Crippen LogP) is 4.12. The number of aromatic nitrogens is 2. The lowest BCUT2D eigenvalue weighted by molar-refractivity contribution is -0.138. The van der Waals surface area contributed by atoms with E-state index in [1.807, 2.05) is 11.0 Å². The quantitative estimate of drug-likeness (QED) is 0.488. The SMILES string of the molecule is NC1CC(CO)N(C2=NC(=O)C(=Cc3ccc4c(cnn4Cc4ccc(Cl)cc4C(F)(F)F)c3)S2)C1. The number of amidine groups is 1. The molecule has 0 aliphatic carbocycles. The second kappa shape index (κ2) is 9.55. The van der Waals surface area contributed by atoms with E-state index >= 15 is 0 Å². The molecule has 3 aromatic rings.